The SMILES string of the molecule is Fc1cccc(F)c1-c1ccc(-n2c3ccccc3c3cc(-c4cc(C(F)(F)F)cc(C(F)(F)F)c4)ccc32)c(-c2nc(-c3ccccc3)nc(-c3ccccc3)n2)c1. The van der Waals surface area contributed by atoms with Crippen LogP contribution in [0.25, 0.3) is 83.9 Å². The summed E-state index contributed by atoms with van der Waals surface area (Å²) in [6.07, 6.45) is -10.1. The third-order valence-corrected chi connectivity index (χ3v) is 10.0. The molecule has 4 nitrogen and oxygen atoms in total. The third kappa shape index (κ3) is 6.96. The van der Waals surface area contributed by atoms with Crippen molar-refractivity contribution in [2.75, 3.05) is 0 Å². The Kier molecular flexibility index (Phi) is 9.07. The summed E-state index contributed by atoms with van der Waals surface area (Å²) in [6, 6.07) is 40.1. The molecule has 0 aliphatic carbocycles. The van der Waals surface area contributed by atoms with Crippen LogP contribution in [0.15, 0.2) is 158 Å². The molecule has 0 unspecified atom stereocenters. The molecule has 0 fully saturated rings. The van der Waals surface area contributed by atoms with Crippen LogP contribution in [0.4, 0.5) is 35.1 Å². The van der Waals surface area contributed by atoms with Crippen molar-refractivity contribution in [2.45, 2.75) is 12.4 Å². The summed E-state index contributed by atoms with van der Waals surface area (Å²) in [5, 5.41) is 1.15. The van der Waals surface area contributed by atoms with Gasteiger partial charge in [-0.3, -0.25) is 0 Å². The second-order valence-corrected chi connectivity index (χ2v) is 13.7. The maximum atomic E-state index is 15.4. The Morgan fingerprint density at radius 2 is 0.915 bits per heavy atom. The first-order valence-electron chi connectivity index (χ1n) is 18.1. The van der Waals surface area contributed by atoms with Crippen LogP contribution in [-0.4, -0.2) is 19.5 Å². The van der Waals surface area contributed by atoms with Crippen LogP contribution in [0, 0.1) is 11.6 Å². The Balaban J connectivity index is 1.33. The van der Waals surface area contributed by atoms with E-state index >= 15 is 8.78 Å². The fraction of sp³-hybridized carbons (Fsp3) is 0.0426. The highest BCUT2D eigenvalue weighted by Crippen LogP contribution is 2.42. The molecule has 0 saturated carbocycles. The van der Waals surface area contributed by atoms with Crippen molar-refractivity contribution >= 4 is 21.8 Å². The van der Waals surface area contributed by atoms with E-state index in [4.69, 9.17) is 15.0 Å². The summed E-state index contributed by atoms with van der Waals surface area (Å²) in [5.74, 6) is -0.760. The second-order valence-electron chi connectivity index (χ2n) is 13.7. The molecular weight excluding hydrogens is 773 g/mol. The number of rotatable bonds is 6. The number of hydrogen-bond acceptors (Lipinski definition) is 3. The maximum absolute atomic E-state index is 15.4. The topological polar surface area (TPSA) is 43.6 Å². The van der Waals surface area contributed by atoms with Crippen LogP contribution in [0.1, 0.15) is 11.1 Å². The zero-order valence-electron chi connectivity index (χ0n) is 30.3. The van der Waals surface area contributed by atoms with Crippen LogP contribution in [-0.2, 0) is 12.4 Å². The van der Waals surface area contributed by atoms with Gasteiger partial charge in [0, 0.05) is 27.5 Å². The van der Waals surface area contributed by atoms with Crippen molar-refractivity contribution in [2.24, 2.45) is 0 Å². The van der Waals surface area contributed by atoms with Gasteiger partial charge in [0.25, 0.3) is 0 Å². The highest BCUT2D eigenvalue weighted by molar-refractivity contribution is 6.11. The average Bonchev–Trinajstić information content (AvgIpc) is 3.57. The largest absolute Gasteiger partial charge is 0.416 e. The number of hydrogen-bond donors (Lipinski definition) is 0. The number of fused-ring (bicyclic) bond motifs is 3. The van der Waals surface area contributed by atoms with Gasteiger partial charge in [-0.05, 0) is 77.4 Å². The molecule has 0 amide bonds. The lowest BCUT2D eigenvalue weighted by Crippen LogP contribution is -2.11. The average molecular weight is 799 g/mol. The minimum Gasteiger partial charge on any atom is -0.309 e. The van der Waals surface area contributed by atoms with E-state index in [1.807, 2.05) is 71.3 Å². The van der Waals surface area contributed by atoms with E-state index in [0.29, 0.717) is 68.0 Å². The lowest BCUT2D eigenvalue weighted by molar-refractivity contribution is -0.143. The molecule has 0 radical (unpaired) electrons. The van der Waals surface area contributed by atoms with Gasteiger partial charge in [-0.2, -0.15) is 26.3 Å². The molecule has 12 heteroatoms. The Hall–Kier alpha value is -7.21. The van der Waals surface area contributed by atoms with Crippen molar-refractivity contribution < 1.29 is 35.1 Å². The van der Waals surface area contributed by atoms with Crippen molar-refractivity contribution in [3.63, 3.8) is 0 Å². The van der Waals surface area contributed by atoms with Crippen molar-refractivity contribution in [1.82, 2.24) is 19.5 Å². The molecule has 0 atom stereocenters. The first kappa shape index (κ1) is 37.4. The smallest absolute Gasteiger partial charge is 0.309 e. The van der Waals surface area contributed by atoms with Gasteiger partial charge in [0.05, 0.1) is 33.4 Å². The predicted octanol–water partition coefficient (Wildman–Crippen LogP) is 13.6. The zero-order chi connectivity index (χ0) is 41.1. The molecule has 0 bridgehead atoms. The van der Waals surface area contributed by atoms with Crippen LogP contribution >= 0.6 is 0 Å². The summed E-state index contributed by atoms with van der Waals surface area (Å²) in [6.45, 7) is 0. The molecule has 0 spiro atoms. The summed E-state index contributed by atoms with van der Waals surface area (Å²) in [4.78, 5) is 14.6. The van der Waals surface area contributed by atoms with E-state index in [0.717, 1.165) is 12.1 Å². The first-order chi connectivity index (χ1) is 28.3. The fourth-order valence-corrected chi connectivity index (χ4v) is 7.30. The first-order valence-corrected chi connectivity index (χ1v) is 18.1. The summed E-state index contributed by atoms with van der Waals surface area (Å²) in [5.41, 5.74) is 0.241. The van der Waals surface area contributed by atoms with Gasteiger partial charge < -0.3 is 4.57 Å². The highest BCUT2D eigenvalue weighted by atomic mass is 19.4. The zero-order valence-corrected chi connectivity index (χ0v) is 30.3. The van der Waals surface area contributed by atoms with Crippen LogP contribution < -0.4 is 0 Å². The Morgan fingerprint density at radius 1 is 0.390 bits per heavy atom. The third-order valence-electron chi connectivity index (χ3n) is 10.0. The normalized spacial score (nSPS) is 12.1. The van der Waals surface area contributed by atoms with Crippen LogP contribution in [0.2, 0.25) is 0 Å². The Bertz CT molecular complexity index is 2940. The molecule has 2 heterocycles. The number of aromatic nitrogens is 4. The van der Waals surface area contributed by atoms with E-state index in [1.54, 1.807) is 48.5 Å². The number of benzene rings is 7. The van der Waals surface area contributed by atoms with E-state index in [1.165, 1.54) is 12.1 Å². The van der Waals surface area contributed by atoms with Crippen molar-refractivity contribution in [3.8, 4) is 62.1 Å². The lowest BCUT2D eigenvalue weighted by atomic mass is 9.97. The standard InChI is InChI=1S/C47H26F8N4/c48-37-15-9-16-38(49)42(37)30-19-21-41(36(25-30)45-57-43(27-10-3-1-4-11-27)56-44(58-45)28-12-5-2-6-13-28)59-39-17-8-7-14-34(39)35-24-29(18-20-40(35)59)31-22-32(46(50,51)52)26-33(23-31)47(53,54)55/h1-26H. The number of alkyl halides is 6. The van der Waals surface area contributed by atoms with Gasteiger partial charge in [-0.1, -0.05) is 97.1 Å². The van der Waals surface area contributed by atoms with E-state index in [2.05, 4.69) is 0 Å². The molecule has 2 aromatic heterocycles. The van der Waals surface area contributed by atoms with Crippen LogP contribution in [0.5, 0.6) is 0 Å². The number of para-hydroxylation sites is 1. The van der Waals surface area contributed by atoms with E-state index in [9.17, 15) is 26.3 Å². The van der Waals surface area contributed by atoms with Gasteiger partial charge >= 0.3 is 12.4 Å². The van der Waals surface area contributed by atoms with Crippen molar-refractivity contribution in [3.05, 3.63) is 180 Å². The summed E-state index contributed by atoms with van der Waals surface area (Å²) >= 11 is 0. The highest BCUT2D eigenvalue weighted by Gasteiger charge is 2.37. The summed E-state index contributed by atoms with van der Waals surface area (Å²) < 4.78 is 116. The molecule has 290 valence electrons. The molecular formula is C47H26F8N4. The molecule has 0 N–H and O–H groups in total. The van der Waals surface area contributed by atoms with E-state index < -0.39 is 35.1 Å². The molecule has 0 aliphatic rings. The molecule has 59 heavy (non-hydrogen) atoms. The maximum Gasteiger partial charge on any atom is 0.416 e. The number of halogens is 8. The fourth-order valence-electron chi connectivity index (χ4n) is 7.30. The molecule has 0 saturated heterocycles. The number of nitrogens with zero attached hydrogens (tertiary/aromatic N) is 4. The Morgan fingerprint density at radius 3 is 1.51 bits per heavy atom. The predicted molar refractivity (Wildman–Crippen MR) is 211 cm³/mol. The molecule has 7 aromatic carbocycles. The molecule has 9 rings (SSSR count). The van der Waals surface area contributed by atoms with Gasteiger partial charge in [0.1, 0.15) is 11.6 Å². The van der Waals surface area contributed by atoms with Gasteiger partial charge in [-0.25, -0.2) is 23.7 Å². The van der Waals surface area contributed by atoms with Crippen molar-refractivity contribution in [1.29, 1.82) is 0 Å². The minimum atomic E-state index is -5.03. The second kappa shape index (κ2) is 14.3. The molecule has 9 aromatic rings. The monoisotopic (exact) mass is 798 g/mol. The molecule has 0 aliphatic heterocycles. The minimum absolute atomic E-state index is 0.0971. The van der Waals surface area contributed by atoms with E-state index in [-0.39, 0.29) is 34.1 Å². The van der Waals surface area contributed by atoms with Crippen LogP contribution in [0.3, 0.4) is 0 Å². The van der Waals surface area contributed by atoms with Gasteiger partial charge in [0.2, 0.25) is 0 Å². The lowest BCUT2D eigenvalue weighted by Gasteiger charge is -2.17. The summed E-state index contributed by atoms with van der Waals surface area (Å²) in [7, 11) is 0. The quantitative estimate of drug-likeness (QED) is 0.157. The van der Waals surface area contributed by atoms with Gasteiger partial charge in [-0.15, -0.1) is 0 Å². The Labute approximate surface area is 330 Å². The van der Waals surface area contributed by atoms with Gasteiger partial charge in [0.15, 0.2) is 17.5 Å².